The van der Waals surface area contributed by atoms with E-state index in [2.05, 4.69) is 10.0 Å². The van der Waals surface area contributed by atoms with Gasteiger partial charge in [-0.1, -0.05) is 19.8 Å². The van der Waals surface area contributed by atoms with Crippen molar-refractivity contribution in [1.29, 1.82) is 0 Å². The summed E-state index contributed by atoms with van der Waals surface area (Å²) in [5.41, 5.74) is 0. The summed E-state index contributed by atoms with van der Waals surface area (Å²) in [6, 6.07) is 0.258. The number of sulfonamides is 1. The molecule has 0 aliphatic carbocycles. The summed E-state index contributed by atoms with van der Waals surface area (Å²) in [5.74, 6) is -1.68. The number of carbonyl (C=O) groups is 2. The van der Waals surface area contributed by atoms with E-state index >= 15 is 0 Å². The highest BCUT2D eigenvalue weighted by atomic mass is 32.2. The largest absolute Gasteiger partial charge is 0.480 e. The molecule has 118 valence electrons. The summed E-state index contributed by atoms with van der Waals surface area (Å²) in [6.07, 6.45) is 1.84. The van der Waals surface area contributed by atoms with Crippen LogP contribution in [0, 0.1) is 0 Å². The van der Waals surface area contributed by atoms with Crippen molar-refractivity contribution in [3.8, 4) is 0 Å². The van der Waals surface area contributed by atoms with E-state index in [4.69, 9.17) is 5.11 Å². The van der Waals surface area contributed by atoms with E-state index in [1.165, 1.54) is 18.5 Å². The average molecular weight is 334 g/mol. The Bertz CT molecular complexity index is 609. The number of rotatable bonds is 8. The normalized spacial score (nSPS) is 12.9. The first-order valence-electron chi connectivity index (χ1n) is 6.37. The molecule has 9 heteroatoms. The molecule has 0 saturated carbocycles. The lowest BCUT2D eigenvalue weighted by Crippen LogP contribution is -2.40. The molecule has 0 spiro atoms. The lowest BCUT2D eigenvalue weighted by Gasteiger charge is -2.13. The maximum absolute atomic E-state index is 12.0. The molecule has 0 unspecified atom stereocenters. The summed E-state index contributed by atoms with van der Waals surface area (Å²) < 4.78 is 25.3. The van der Waals surface area contributed by atoms with E-state index in [9.17, 15) is 18.0 Å². The molecular formula is C12H18N2O5S2. The Balaban J connectivity index is 2.82. The van der Waals surface area contributed by atoms with E-state index in [0.717, 1.165) is 17.8 Å². The summed E-state index contributed by atoms with van der Waals surface area (Å²) >= 11 is 0.953. The maximum atomic E-state index is 12.0. The summed E-state index contributed by atoms with van der Waals surface area (Å²) in [7, 11) is -2.33. The smallest absolute Gasteiger partial charge is 0.326 e. The Labute approximate surface area is 127 Å². The van der Waals surface area contributed by atoms with Gasteiger partial charge in [0.15, 0.2) is 0 Å². The zero-order valence-corrected chi connectivity index (χ0v) is 13.4. The molecule has 0 bridgehead atoms. The number of carbonyl (C=O) groups excluding carboxylic acids is 1. The van der Waals surface area contributed by atoms with Crippen LogP contribution in [0.3, 0.4) is 0 Å². The molecule has 0 aromatic carbocycles. The van der Waals surface area contributed by atoms with Crippen LogP contribution in [0.2, 0.25) is 0 Å². The standard InChI is InChI=1S/C12H18N2O5S2/c1-3-4-5-9(12(16)17)14-11(15)10-6-8(7-20-10)21(18,19)13-2/h6-7,9,13H,3-5H2,1-2H3,(H,14,15)(H,16,17)/t9-/m0/s1. The highest BCUT2D eigenvalue weighted by Gasteiger charge is 2.22. The second-order valence-electron chi connectivity index (χ2n) is 4.36. The zero-order chi connectivity index (χ0) is 16.0. The predicted molar refractivity (Wildman–Crippen MR) is 79.0 cm³/mol. The lowest BCUT2D eigenvalue weighted by atomic mass is 10.1. The third kappa shape index (κ3) is 4.80. The van der Waals surface area contributed by atoms with E-state index in [0.29, 0.717) is 12.8 Å². The fourth-order valence-electron chi connectivity index (χ4n) is 1.59. The minimum absolute atomic E-state index is 0.0133. The molecule has 3 N–H and O–H groups in total. The Kier molecular flexibility index (Phi) is 6.31. The zero-order valence-electron chi connectivity index (χ0n) is 11.8. The van der Waals surface area contributed by atoms with Crippen molar-refractivity contribution in [3.05, 3.63) is 16.3 Å². The molecule has 0 aliphatic heterocycles. The van der Waals surface area contributed by atoms with Crippen LogP contribution in [-0.2, 0) is 14.8 Å². The molecule has 1 atom stereocenters. The van der Waals surface area contributed by atoms with Crippen molar-refractivity contribution in [2.24, 2.45) is 0 Å². The summed E-state index contributed by atoms with van der Waals surface area (Å²) in [5, 5.41) is 12.8. The van der Waals surface area contributed by atoms with Gasteiger partial charge in [0.05, 0.1) is 9.77 Å². The van der Waals surface area contributed by atoms with E-state index in [1.54, 1.807) is 0 Å². The quantitative estimate of drug-likeness (QED) is 0.657. The molecule has 1 aromatic rings. The van der Waals surface area contributed by atoms with Gasteiger partial charge in [0.1, 0.15) is 6.04 Å². The number of aliphatic carboxylic acids is 1. The Hall–Kier alpha value is -1.45. The van der Waals surface area contributed by atoms with E-state index in [-0.39, 0.29) is 9.77 Å². The number of amides is 1. The Morgan fingerprint density at radius 2 is 2.10 bits per heavy atom. The number of unbranched alkanes of at least 4 members (excludes halogenated alkanes) is 1. The third-order valence-electron chi connectivity index (χ3n) is 2.83. The van der Waals surface area contributed by atoms with Crippen LogP contribution in [0.25, 0.3) is 0 Å². The van der Waals surface area contributed by atoms with E-state index < -0.39 is 27.9 Å². The van der Waals surface area contributed by atoms with Crippen molar-refractivity contribution in [1.82, 2.24) is 10.0 Å². The van der Waals surface area contributed by atoms with Gasteiger partial charge < -0.3 is 10.4 Å². The first-order chi connectivity index (χ1) is 9.81. The van der Waals surface area contributed by atoms with Crippen LogP contribution in [0.15, 0.2) is 16.3 Å². The van der Waals surface area contributed by atoms with Crippen LogP contribution >= 0.6 is 11.3 Å². The summed E-state index contributed by atoms with van der Waals surface area (Å²) in [4.78, 5) is 23.2. The van der Waals surface area contributed by atoms with Crippen LogP contribution in [0.5, 0.6) is 0 Å². The van der Waals surface area contributed by atoms with Gasteiger partial charge in [0.2, 0.25) is 10.0 Å². The molecule has 0 saturated heterocycles. The average Bonchev–Trinajstić information content (AvgIpc) is 2.93. The first kappa shape index (κ1) is 17.6. The van der Waals surface area contributed by atoms with Crippen molar-refractivity contribution >= 4 is 33.2 Å². The van der Waals surface area contributed by atoms with Gasteiger partial charge in [-0.15, -0.1) is 11.3 Å². The topological polar surface area (TPSA) is 113 Å². The number of carboxylic acid groups (broad SMARTS) is 1. The molecule has 1 amide bonds. The Morgan fingerprint density at radius 1 is 1.43 bits per heavy atom. The Morgan fingerprint density at radius 3 is 2.62 bits per heavy atom. The monoisotopic (exact) mass is 334 g/mol. The predicted octanol–water partition coefficient (Wildman–Crippen LogP) is 1.03. The van der Waals surface area contributed by atoms with Crippen LogP contribution in [-0.4, -0.2) is 38.5 Å². The van der Waals surface area contributed by atoms with Gasteiger partial charge in [-0.2, -0.15) is 0 Å². The van der Waals surface area contributed by atoms with Crippen molar-refractivity contribution in [2.75, 3.05) is 7.05 Å². The molecule has 21 heavy (non-hydrogen) atoms. The van der Waals surface area contributed by atoms with Crippen molar-refractivity contribution in [2.45, 2.75) is 37.1 Å². The van der Waals surface area contributed by atoms with Gasteiger partial charge in [-0.25, -0.2) is 17.9 Å². The SMILES string of the molecule is CCCC[C@H](NC(=O)c1cc(S(=O)(=O)NC)cs1)C(=O)O. The van der Waals surface area contributed by atoms with Gasteiger partial charge in [0.25, 0.3) is 5.91 Å². The number of hydrogen-bond donors (Lipinski definition) is 3. The number of carboxylic acids is 1. The highest BCUT2D eigenvalue weighted by molar-refractivity contribution is 7.89. The van der Waals surface area contributed by atoms with Crippen LogP contribution in [0.4, 0.5) is 0 Å². The number of hydrogen-bond acceptors (Lipinski definition) is 5. The fourth-order valence-corrected chi connectivity index (χ4v) is 3.50. The van der Waals surface area contributed by atoms with Crippen molar-refractivity contribution < 1.29 is 23.1 Å². The summed E-state index contributed by atoms with van der Waals surface area (Å²) in [6.45, 7) is 1.93. The van der Waals surface area contributed by atoms with Crippen molar-refractivity contribution in [3.63, 3.8) is 0 Å². The van der Waals surface area contributed by atoms with Gasteiger partial charge in [-0.05, 0) is 19.5 Å². The molecule has 0 aliphatic rings. The second-order valence-corrected chi connectivity index (χ2v) is 7.16. The number of nitrogens with one attached hydrogen (secondary N) is 2. The maximum Gasteiger partial charge on any atom is 0.326 e. The minimum atomic E-state index is -3.61. The molecule has 0 radical (unpaired) electrons. The van der Waals surface area contributed by atoms with Gasteiger partial charge >= 0.3 is 5.97 Å². The molecule has 1 rings (SSSR count). The third-order valence-corrected chi connectivity index (χ3v) is 5.30. The number of thiophene rings is 1. The molecule has 0 fully saturated rings. The lowest BCUT2D eigenvalue weighted by molar-refractivity contribution is -0.139. The molecular weight excluding hydrogens is 316 g/mol. The molecule has 1 aromatic heterocycles. The molecule has 1 heterocycles. The first-order valence-corrected chi connectivity index (χ1v) is 8.73. The van der Waals surface area contributed by atoms with Crippen LogP contribution in [0.1, 0.15) is 35.9 Å². The van der Waals surface area contributed by atoms with Gasteiger partial charge in [-0.3, -0.25) is 4.79 Å². The fraction of sp³-hybridized carbons (Fsp3) is 0.500. The minimum Gasteiger partial charge on any atom is -0.480 e. The van der Waals surface area contributed by atoms with E-state index in [1.807, 2.05) is 6.92 Å². The van der Waals surface area contributed by atoms with Crippen LogP contribution < -0.4 is 10.0 Å². The second kappa shape index (κ2) is 7.53. The highest BCUT2D eigenvalue weighted by Crippen LogP contribution is 2.19. The molecule has 7 nitrogen and oxygen atoms in total. The van der Waals surface area contributed by atoms with Gasteiger partial charge in [0, 0.05) is 5.38 Å².